The van der Waals surface area contributed by atoms with Crippen molar-refractivity contribution in [1.29, 1.82) is 5.26 Å². The van der Waals surface area contributed by atoms with Gasteiger partial charge < -0.3 is 0 Å². The van der Waals surface area contributed by atoms with E-state index >= 15 is 0 Å². The number of nitriles is 1. The second-order valence-electron chi connectivity index (χ2n) is 5.13. The minimum atomic E-state index is -3.70. The van der Waals surface area contributed by atoms with Gasteiger partial charge in [0.05, 0.1) is 16.5 Å². The fourth-order valence-corrected chi connectivity index (χ4v) is 5.06. The molecule has 0 aromatic heterocycles. The zero-order chi connectivity index (χ0) is 16.4. The Hall–Kier alpha value is -1.52. The molecular weight excluding hydrogens is 352 g/mol. The van der Waals surface area contributed by atoms with Crippen LogP contribution < -0.4 is 4.72 Å². The molecule has 7 heteroatoms. The third-order valence-corrected chi connectivity index (χ3v) is 6.41. The summed E-state index contributed by atoms with van der Waals surface area (Å²) in [6.45, 7) is 0. The second-order valence-corrected chi connectivity index (χ2v) is 8.42. The molecular formula is C16H13ClN2O2S2. The predicted molar refractivity (Wildman–Crippen MR) is 91.0 cm³/mol. The van der Waals surface area contributed by atoms with Gasteiger partial charge in [0.1, 0.15) is 0 Å². The maximum absolute atomic E-state index is 12.6. The SMILES string of the molecule is N#Cc1cccc(S(=O)(=O)N[C@@H]2CCSc3ccc(Cl)cc32)c1. The maximum Gasteiger partial charge on any atom is 0.241 e. The number of thioether (sulfide) groups is 1. The van der Waals surface area contributed by atoms with Crippen molar-refractivity contribution < 1.29 is 8.42 Å². The summed E-state index contributed by atoms with van der Waals surface area (Å²) in [7, 11) is -3.70. The van der Waals surface area contributed by atoms with E-state index in [1.165, 1.54) is 12.1 Å². The van der Waals surface area contributed by atoms with Crippen LogP contribution in [0.2, 0.25) is 5.02 Å². The molecule has 1 atom stereocenters. The highest BCUT2D eigenvalue weighted by molar-refractivity contribution is 7.99. The standard InChI is InChI=1S/C16H13ClN2O2S2/c17-12-4-5-16-14(9-12)15(6-7-22-16)19-23(20,21)13-3-1-2-11(8-13)10-18/h1-5,8-9,15,19H,6-7H2/t15-/m1/s1. The van der Waals surface area contributed by atoms with E-state index < -0.39 is 10.0 Å². The zero-order valence-electron chi connectivity index (χ0n) is 12.0. The summed E-state index contributed by atoms with van der Waals surface area (Å²) in [5.74, 6) is 0.833. The lowest BCUT2D eigenvalue weighted by Gasteiger charge is -2.26. The number of rotatable bonds is 3. The molecule has 2 aromatic carbocycles. The fourth-order valence-electron chi connectivity index (χ4n) is 2.48. The highest BCUT2D eigenvalue weighted by Gasteiger charge is 2.26. The van der Waals surface area contributed by atoms with Crippen LogP contribution in [0.3, 0.4) is 0 Å². The Morgan fingerprint density at radius 1 is 1.26 bits per heavy atom. The van der Waals surface area contributed by atoms with Crippen LogP contribution in [0.4, 0.5) is 0 Å². The predicted octanol–water partition coefficient (Wildman–Crippen LogP) is 3.73. The number of halogens is 1. The summed E-state index contributed by atoms with van der Waals surface area (Å²) in [6.07, 6.45) is 0.690. The highest BCUT2D eigenvalue weighted by atomic mass is 35.5. The number of sulfonamides is 1. The van der Waals surface area contributed by atoms with Gasteiger partial charge in [-0.15, -0.1) is 11.8 Å². The lowest BCUT2D eigenvalue weighted by molar-refractivity contribution is 0.546. The van der Waals surface area contributed by atoms with Crippen LogP contribution in [0.1, 0.15) is 23.6 Å². The molecule has 0 unspecified atom stereocenters. The lowest BCUT2D eigenvalue weighted by atomic mass is 10.1. The molecule has 23 heavy (non-hydrogen) atoms. The van der Waals surface area contributed by atoms with Gasteiger partial charge in [-0.1, -0.05) is 17.7 Å². The van der Waals surface area contributed by atoms with Crippen LogP contribution in [0.25, 0.3) is 0 Å². The van der Waals surface area contributed by atoms with Crippen LogP contribution in [0.5, 0.6) is 0 Å². The maximum atomic E-state index is 12.6. The topological polar surface area (TPSA) is 70.0 Å². The molecule has 0 saturated carbocycles. The van der Waals surface area contributed by atoms with Gasteiger partial charge in [-0.25, -0.2) is 13.1 Å². The highest BCUT2D eigenvalue weighted by Crippen LogP contribution is 2.38. The van der Waals surface area contributed by atoms with Crippen molar-refractivity contribution >= 4 is 33.4 Å². The first-order chi connectivity index (χ1) is 11.0. The largest absolute Gasteiger partial charge is 0.241 e. The Kier molecular flexibility index (Phi) is 4.64. The number of benzene rings is 2. The summed E-state index contributed by atoms with van der Waals surface area (Å²) in [5.41, 5.74) is 1.21. The molecule has 2 aromatic rings. The van der Waals surface area contributed by atoms with Crippen molar-refractivity contribution in [2.24, 2.45) is 0 Å². The van der Waals surface area contributed by atoms with Crippen LogP contribution in [-0.4, -0.2) is 14.2 Å². The van der Waals surface area contributed by atoms with Gasteiger partial charge in [-0.2, -0.15) is 5.26 Å². The number of nitrogens with zero attached hydrogens (tertiary/aromatic N) is 1. The van der Waals surface area contributed by atoms with Crippen LogP contribution in [0.15, 0.2) is 52.3 Å². The summed E-state index contributed by atoms with van der Waals surface area (Å²) in [4.78, 5) is 1.14. The first-order valence-electron chi connectivity index (χ1n) is 6.94. The van der Waals surface area contributed by atoms with E-state index in [-0.39, 0.29) is 10.9 Å². The molecule has 0 bridgehead atoms. The number of fused-ring (bicyclic) bond motifs is 1. The Labute approximate surface area is 144 Å². The monoisotopic (exact) mass is 364 g/mol. The van der Waals surface area contributed by atoms with E-state index in [2.05, 4.69) is 4.72 Å². The summed E-state index contributed by atoms with van der Waals surface area (Å²) in [5, 5.41) is 9.51. The van der Waals surface area contributed by atoms with Crippen molar-refractivity contribution in [1.82, 2.24) is 4.72 Å². The normalized spacial score (nSPS) is 17.3. The van der Waals surface area contributed by atoms with E-state index in [4.69, 9.17) is 16.9 Å². The molecule has 4 nitrogen and oxygen atoms in total. The van der Waals surface area contributed by atoms with E-state index in [1.54, 1.807) is 30.0 Å². The van der Waals surface area contributed by atoms with Gasteiger partial charge in [0.15, 0.2) is 0 Å². The Morgan fingerprint density at radius 2 is 2.09 bits per heavy atom. The Morgan fingerprint density at radius 3 is 2.87 bits per heavy atom. The molecule has 0 saturated heterocycles. The molecule has 0 spiro atoms. The minimum Gasteiger partial charge on any atom is -0.207 e. The fraction of sp³-hybridized carbons (Fsp3) is 0.188. The smallest absolute Gasteiger partial charge is 0.207 e. The Bertz CT molecular complexity index is 891. The molecule has 1 aliphatic heterocycles. The molecule has 0 fully saturated rings. The zero-order valence-corrected chi connectivity index (χ0v) is 14.4. The van der Waals surface area contributed by atoms with Gasteiger partial charge in [0.2, 0.25) is 10.0 Å². The molecule has 1 aliphatic rings. The quantitative estimate of drug-likeness (QED) is 0.900. The summed E-state index contributed by atoms with van der Waals surface area (Å²) < 4.78 is 27.9. The van der Waals surface area contributed by atoms with Crippen LogP contribution in [-0.2, 0) is 10.0 Å². The van der Waals surface area contributed by atoms with Gasteiger partial charge in [-0.3, -0.25) is 0 Å². The molecule has 3 rings (SSSR count). The second kappa shape index (κ2) is 6.54. The average molecular weight is 365 g/mol. The third kappa shape index (κ3) is 3.54. The van der Waals surface area contributed by atoms with E-state index in [0.717, 1.165) is 16.2 Å². The molecule has 0 radical (unpaired) electrons. The number of nitrogens with one attached hydrogen (secondary N) is 1. The first kappa shape index (κ1) is 16.3. The van der Waals surface area contributed by atoms with E-state index in [9.17, 15) is 8.42 Å². The molecule has 1 N–H and O–H groups in total. The van der Waals surface area contributed by atoms with Crippen LogP contribution >= 0.6 is 23.4 Å². The average Bonchev–Trinajstić information content (AvgIpc) is 2.55. The minimum absolute atomic E-state index is 0.0957. The van der Waals surface area contributed by atoms with Gasteiger partial charge in [0, 0.05) is 16.0 Å². The molecule has 0 amide bonds. The third-order valence-electron chi connectivity index (χ3n) is 3.58. The number of hydrogen-bond donors (Lipinski definition) is 1. The van der Waals surface area contributed by atoms with Crippen molar-refractivity contribution in [3.05, 3.63) is 58.6 Å². The van der Waals surface area contributed by atoms with Crippen molar-refractivity contribution in [2.75, 3.05) is 5.75 Å². The molecule has 0 aliphatic carbocycles. The lowest BCUT2D eigenvalue weighted by Crippen LogP contribution is -2.30. The van der Waals surface area contributed by atoms with E-state index in [0.29, 0.717) is 17.0 Å². The number of hydrogen-bond acceptors (Lipinski definition) is 4. The van der Waals surface area contributed by atoms with Crippen molar-refractivity contribution in [3.8, 4) is 6.07 Å². The van der Waals surface area contributed by atoms with Gasteiger partial charge >= 0.3 is 0 Å². The van der Waals surface area contributed by atoms with Crippen LogP contribution in [0, 0.1) is 11.3 Å². The summed E-state index contributed by atoms with van der Waals surface area (Å²) >= 11 is 7.74. The molecule has 118 valence electrons. The summed E-state index contributed by atoms with van der Waals surface area (Å²) in [6, 6.07) is 13.2. The van der Waals surface area contributed by atoms with Gasteiger partial charge in [-0.05, 0) is 54.1 Å². The first-order valence-corrected chi connectivity index (χ1v) is 9.79. The van der Waals surface area contributed by atoms with E-state index in [1.807, 2.05) is 18.2 Å². The van der Waals surface area contributed by atoms with Crippen molar-refractivity contribution in [2.45, 2.75) is 22.3 Å². The van der Waals surface area contributed by atoms with Crippen molar-refractivity contribution in [3.63, 3.8) is 0 Å². The van der Waals surface area contributed by atoms with Gasteiger partial charge in [0.25, 0.3) is 0 Å². The molecule has 1 heterocycles. The Balaban J connectivity index is 1.93.